The molecule has 2 rings (SSSR count). The highest BCUT2D eigenvalue weighted by molar-refractivity contribution is 9.10. The standard InChI is InChI=1S/C17H14BrNO6/c1-24-15-9-12(8-14(18)17(15)21)4-7-16(20)25-10-11-2-5-13(6-3-11)19(22)23/h2-9,21H,10H2,1H3/b7-4+. The van der Waals surface area contributed by atoms with Gasteiger partial charge in [0.1, 0.15) is 6.61 Å². The molecule has 0 bridgehead atoms. The third kappa shape index (κ3) is 5.05. The minimum Gasteiger partial charge on any atom is -0.503 e. The van der Waals surface area contributed by atoms with E-state index in [0.29, 0.717) is 15.6 Å². The number of hydrogen-bond donors (Lipinski definition) is 1. The maximum absolute atomic E-state index is 11.8. The fourth-order valence-electron chi connectivity index (χ4n) is 1.93. The summed E-state index contributed by atoms with van der Waals surface area (Å²) in [5, 5.41) is 20.3. The normalized spacial score (nSPS) is 10.6. The third-order valence-corrected chi connectivity index (χ3v) is 3.82. The van der Waals surface area contributed by atoms with Crippen molar-refractivity contribution in [3.05, 3.63) is 68.2 Å². The summed E-state index contributed by atoms with van der Waals surface area (Å²) in [6.07, 6.45) is 2.76. The molecule has 2 aromatic carbocycles. The van der Waals surface area contributed by atoms with Gasteiger partial charge in [0.2, 0.25) is 0 Å². The lowest BCUT2D eigenvalue weighted by Crippen LogP contribution is -2.00. The number of phenols is 1. The maximum Gasteiger partial charge on any atom is 0.331 e. The van der Waals surface area contributed by atoms with E-state index in [0.717, 1.165) is 0 Å². The van der Waals surface area contributed by atoms with Crippen LogP contribution < -0.4 is 4.74 Å². The molecule has 25 heavy (non-hydrogen) atoms. The number of aromatic hydroxyl groups is 1. The summed E-state index contributed by atoms with van der Waals surface area (Å²) in [5.74, 6) is -0.324. The van der Waals surface area contributed by atoms with Gasteiger partial charge in [-0.25, -0.2) is 4.79 Å². The first-order valence-electron chi connectivity index (χ1n) is 7.05. The van der Waals surface area contributed by atoms with Crippen LogP contribution in [-0.4, -0.2) is 23.1 Å². The molecule has 0 saturated carbocycles. The number of methoxy groups -OCH3 is 1. The lowest BCUT2D eigenvalue weighted by Gasteiger charge is -2.06. The van der Waals surface area contributed by atoms with Crippen molar-refractivity contribution in [1.82, 2.24) is 0 Å². The van der Waals surface area contributed by atoms with Crippen LogP contribution in [0.3, 0.4) is 0 Å². The van der Waals surface area contributed by atoms with E-state index in [1.54, 1.807) is 12.1 Å². The van der Waals surface area contributed by atoms with Gasteiger partial charge < -0.3 is 14.6 Å². The summed E-state index contributed by atoms with van der Waals surface area (Å²) < 4.78 is 10.5. The summed E-state index contributed by atoms with van der Waals surface area (Å²) in [6.45, 7) is 0.00373. The number of phenolic OH excluding ortho intramolecular Hbond substituents is 1. The molecule has 0 aliphatic carbocycles. The minimum absolute atomic E-state index is 0.00373. The highest BCUT2D eigenvalue weighted by Gasteiger charge is 2.08. The van der Waals surface area contributed by atoms with E-state index >= 15 is 0 Å². The van der Waals surface area contributed by atoms with Gasteiger partial charge in [-0.2, -0.15) is 0 Å². The Hall–Kier alpha value is -2.87. The molecule has 0 radical (unpaired) electrons. The van der Waals surface area contributed by atoms with E-state index < -0.39 is 10.9 Å². The average Bonchev–Trinajstić information content (AvgIpc) is 2.61. The average molecular weight is 408 g/mol. The molecular formula is C17H14BrNO6. The van der Waals surface area contributed by atoms with Crippen molar-refractivity contribution < 1.29 is 24.3 Å². The number of rotatable bonds is 6. The number of ether oxygens (including phenoxy) is 2. The summed E-state index contributed by atoms with van der Waals surface area (Å²) in [5.41, 5.74) is 1.25. The zero-order chi connectivity index (χ0) is 18.4. The lowest BCUT2D eigenvalue weighted by molar-refractivity contribution is -0.384. The molecule has 0 atom stereocenters. The van der Waals surface area contributed by atoms with Crippen molar-refractivity contribution in [3.63, 3.8) is 0 Å². The van der Waals surface area contributed by atoms with Crippen LogP contribution in [-0.2, 0) is 16.1 Å². The zero-order valence-corrected chi connectivity index (χ0v) is 14.7. The Morgan fingerprint density at radius 3 is 2.60 bits per heavy atom. The van der Waals surface area contributed by atoms with E-state index in [1.807, 2.05) is 0 Å². The Morgan fingerprint density at radius 2 is 2.00 bits per heavy atom. The summed E-state index contributed by atoms with van der Waals surface area (Å²) in [4.78, 5) is 21.8. The zero-order valence-electron chi connectivity index (χ0n) is 13.1. The molecule has 0 amide bonds. The molecular weight excluding hydrogens is 394 g/mol. The highest BCUT2D eigenvalue weighted by Crippen LogP contribution is 2.35. The van der Waals surface area contributed by atoms with Crippen molar-refractivity contribution >= 4 is 33.7 Å². The summed E-state index contributed by atoms with van der Waals surface area (Å²) >= 11 is 3.19. The molecule has 2 aromatic rings. The van der Waals surface area contributed by atoms with E-state index in [9.17, 15) is 20.0 Å². The second-order valence-electron chi connectivity index (χ2n) is 4.92. The van der Waals surface area contributed by atoms with Gasteiger partial charge in [0.15, 0.2) is 11.5 Å². The van der Waals surface area contributed by atoms with Gasteiger partial charge in [0.25, 0.3) is 5.69 Å². The largest absolute Gasteiger partial charge is 0.503 e. The predicted molar refractivity (Wildman–Crippen MR) is 94.3 cm³/mol. The number of carbonyl (C=O) groups excluding carboxylic acids is 1. The van der Waals surface area contributed by atoms with Gasteiger partial charge in [-0.05, 0) is 57.4 Å². The van der Waals surface area contributed by atoms with Crippen molar-refractivity contribution in [3.8, 4) is 11.5 Å². The van der Waals surface area contributed by atoms with E-state index in [-0.39, 0.29) is 23.8 Å². The minimum atomic E-state index is -0.568. The van der Waals surface area contributed by atoms with Crippen LogP contribution in [0.4, 0.5) is 5.69 Å². The molecule has 7 nitrogen and oxygen atoms in total. The summed E-state index contributed by atoms with van der Waals surface area (Å²) in [6, 6.07) is 8.94. The second-order valence-corrected chi connectivity index (χ2v) is 5.77. The van der Waals surface area contributed by atoms with Gasteiger partial charge >= 0.3 is 5.97 Å². The lowest BCUT2D eigenvalue weighted by atomic mass is 10.2. The molecule has 0 unspecified atom stereocenters. The molecule has 0 fully saturated rings. The van der Waals surface area contributed by atoms with Gasteiger partial charge in [-0.1, -0.05) is 0 Å². The number of hydrogen-bond acceptors (Lipinski definition) is 6. The van der Waals surface area contributed by atoms with E-state index in [2.05, 4.69) is 15.9 Å². The monoisotopic (exact) mass is 407 g/mol. The Labute approximate surface area is 151 Å². The van der Waals surface area contributed by atoms with Crippen LogP contribution in [0.1, 0.15) is 11.1 Å². The number of carbonyl (C=O) groups is 1. The first-order valence-corrected chi connectivity index (χ1v) is 7.84. The Bertz CT molecular complexity index is 817. The number of nitrogens with zero attached hydrogens (tertiary/aromatic N) is 1. The van der Waals surface area contributed by atoms with Gasteiger partial charge in [0.05, 0.1) is 16.5 Å². The van der Waals surface area contributed by atoms with Crippen molar-refractivity contribution in [1.29, 1.82) is 0 Å². The first kappa shape index (κ1) is 18.5. The molecule has 8 heteroatoms. The quantitative estimate of drug-likeness (QED) is 0.338. The smallest absolute Gasteiger partial charge is 0.331 e. The number of benzene rings is 2. The topological polar surface area (TPSA) is 98.9 Å². The molecule has 0 aromatic heterocycles. The summed E-state index contributed by atoms with van der Waals surface area (Å²) in [7, 11) is 1.42. The number of nitro benzene ring substituents is 1. The van der Waals surface area contributed by atoms with Crippen molar-refractivity contribution in [2.24, 2.45) is 0 Å². The Balaban J connectivity index is 1.97. The second kappa shape index (κ2) is 8.29. The van der Waals surface area contributed by atoms with Crippen LogP contribution in [0, 0.1) is 10.1 Å². The van der Waals surface area contributed by atoms with Gasteiger partial charge in [-0.15, -0.1) is 0 Å². The maximum atomic E-state index is 11.8. The SMILES string of the molecule is COc1cc(/C=C/C(=O)OCc2ccc([N+](=O)[O-])cc2)cc(Br)c1O. The van der Waals surface area contributed by atoms with Crippen LogP contribution in [0.5, 0.6) is 11.5 Å². The van der Waals surface area contributed by atoms with Crippen molar-refractivity contribution in [2.45, 2.75) is 6.61 Å². The molecule has 130 valence electrons. The number of non-ortho nitro benzene ring substituents is 1. The van der Waals surface area contributed by atoms with Crippen molar-refractivity contribution in [2.75, 3.05) is 7.11 Å². The first-order chi connectivity index (χ1) is 11.9. The fourth-order valence-corrected chi connectivity index (χ4v) is 2.39. The number of nitro groups is 1. The van der Waals surface area contributed by atoms with Crippen LogP contribution in [0.15, 0.2) is 46.9 Å². The predicted octanol–water partition coefficient (Wildman–Crippen LogP) is 3.83. The third-order valence-electron chi connectivity index (χ3n) is 3.21. The molecule has 0 heterocycles. The number of halogens is 1. The molecule has 0 spiro atoms. The van der Waals surface area contributed by atoms with E-state index in [4.69, 9.17) is 9.47 Å². The molecule has 0 aliphatic heterocycles. The van der Waals surface area contributed by atoms with Crippen LogP contribution >= 0.6 is 15.9 Å². The highest BCUT2D eigenvalue weighted by atomic mass is 79.9. The molecule has 1 N–H and O–H groups in total. The molecule has 0 saturated heterocycles. The fraction of sp³-hybridized carbons (Fsp3) is 0.118. The van der Waals surface area contributed by atoms with E-state index in [1.165, 1.54) is 43.5 Å². The Morgan fingerprint density at radius 1 is 1.32 bits per heavy atom. The number of esters is 1. The van der Waals surface area contributed by atoms with Gasteiger partial charge in [-0.3, -0.25) is 10.1 Å². The Kier molecular flexibility index (Phi) is 6.13. The molecule has 0 aliphatic rings. The van der Waals surface area contributed by atoms with Crippen LogP contribution in [0.25, 0.3) is 6.08 Å². The van der Waals surface area contributed by atoms with Gasteiger partial charge in [0, 0.05) is 18.2 Å². The van der Waals surface area contributed by atoms with Crippen LogP contribution in [0.2, 0.25) is 0 Å².